The number of hydrogen-bond acceptors (Lipinski definition) is 1. The molecular weight excluding hydrogens is 239 g/mol. The number of piperidine rings is 1. The quantitative estimate of drug-likeness (QED) is 0.800. The lowest BCUT2D eigenvalue weighted by molar-refractivity contribution is -0.163. The topological polar surface area (TPSA) is 12.0 Å². The summed E-state index contributed by atoms with van der Waals surface area (Å²) in [5.74, 6) is 0. The minimum Gasteiger partial charge on any atom is -0.299 e. The molecule has 2 atom stereocenters. The maximum Gasteiger partial charge on any atom is 0.403 e. The molecule has 0 radical (unpaired) electrons. The van der Waals surface area contributed by atoms with Crippen molar-refractivity contribution in [2.45, 2.75) is 51.4 Å². The van der Waals surface area contributed by atoms with Gasteiger partial charge in [-0.1, -0.05) is 18.2 Å². The van der Waals surface area contributed by atoms with Gasteiger partial charge < -0.3 is 0 Å². The van der Waals surface area contributed by atoms with Gasteiger partial charge in [0.15, 0.2) is 0 Å². The maximum absolute atomic E-state index is 12.7. The van der Waals surface area contributed by atoms with E-state index in [2.05, 4.69) is 5.32 Å². The van der Waals surface area contributed by atoms with Crippen LogP contribution in [0, 0.1) is 13.8 Å². The minimum absolute atomic E-state index is 0.176. The number of benzene rings is 1. The molecule has 0 aliphatic carbocycles. The summed E-state index contributed by atoms with van der Waals surface area (Å²) >= 11 is 0. The molecule has 1 aromatic carbocycles. The molecule has 1 aromatic rings. The number of halogens is 3. The molecule has 100 valence electrons. The van der Waals surface area contributed by atoms with Crippen LogP contribution in [0.3, 0.4) is 0 Å². The Balaban J connectivity index is 2.15. The van der Waals surface area contributed by atoms with Crippen LogP contribution >= 0.6 is 0 Å². The van der Waals surface area contributed by atoms with E-state index < -0.39 is 12.2 Å². The smallest absolute Gasteiger partial charge is 0.299 e. The average Bonchev–Trinajstić information content (AvgIpc) is 2.32. The van der Waals surface area contributed by atoms with E-state index in [-0.39, 0.29) is 12.5 Å². The number of hydrogen-bond donors (Lipinski definition) is 1. The van der Waals surface area contributed by atoms with Crippen LogP contribution in [-0.4, -0.2) is 12.2 Å². The highest BCUT2D eigenvalue weighted by Gasteiger charge is 2.42. The molecule has 1 heterocycles. The first kappa shape index (κ1) is 13.4. The molecule has 1 saturated heterocycles. The van der Waals surface area contributed by atoms with E-state index in [1.54, 1.807) is 0 Å². The number of alkyl halides is 3. The third kappa shape index (κ3) is 2.86. The zero-order valence-corrected chi connectivity index (χ0v) is 10.6. The van der Waals surface area contributed by atoms with E-state index in [1.807, 2.05) is 32.0 Å². The molecule has 0 amide bonds. The Kier molecular flexibility index (Phi) is 3.66. The van der Waals surface area contributed by atoms with Crippen molar-refractivity contribution in [2.75, 3.05) is 0 Å². The molecule has 1 fully saturated rings. The van der Waals surface area contributed by atoms with Crippen molar-refractivity contribution in [3.63, 3.8) is 0 Å². The van der Waals surface area contributed by atoms with Gasteiger partial charge in [-0.25, -0.2) is 0 Å². The fraction of sp³-hybridized carbons (Fsp3) is 0.571. The predicted molar refractivity (Wildman–Crippen MR) is 65.5 cm³/mol. The van der Waals surface area contributed by atoms with E-state index in [0.717, 1.165) is 17.5 Å². The fourth-order valence-electron chi connectivity index (χ4n) is 2.44. The van der Waals surface area contributed by atoms with E-state index in [0.29, 0.717) is 6.42 Å². The van der Waals surface area contributed by atoms with Crippen LogP contribution in [0.2, 0.25) is 0 Å². The Morgan fingerprint density at radius 2 is 1.83 bits per heavy atom. The summed E-state index contributed by atoms with van der Waals surface area (Å²) in [6.45, 7) is 3.99. The molecule has 1 nitrogen and oxygen atoms in total. The van der Waals surface area contributed by atoms with Crippen molar-refractivity contribution in [2.24, 2.45) is 0 Å². The van der Waals surface area contributed by atoms with Gasteiger partial charge in [0.1, 0.15) is 6.04 Å². The van der Waals surface area contributed by atoms with E-state index in [4.69, 9.17) is 0 Å². The van der Waals surface area contributed by atoms with Gasteiger partial charge in [0.05, 0.1) is 0 Å². The summed E-state index contributed by atoms with van der Waals surface area (Å²) < 4.78 is 38.1. The fourth-order valence-corrected chi connectivity index (χ4v) is 2.44. The van der Waals surface area contributed by atoms with Crippen LogP contribution in [0.4, 0.5) is 13.2 Å². The molecule has 0 saturated carbocycles. The van der Waals surface area contributed by atoms with Gasteiger partial charge in [-0.2, -0.15) is 13.2 Å². The number of aryl methyl sites for hydroxylation is 2. The van der Waals surface area contributed by atoms with Crippen LogP contribution in [-0.2, 0) is 0 Å². The maximum atomic E-state index is 12.7. The van der Waals surface area contributed by atoms with E-state index in [1.165, 1.54) is 5.56 Å². The third-order valence-electron chi connectivity index (χ3n) is 3.72. The van der Waals surface area contributed by atoms with E-state index in [9.17, 15) is 13.2 Å². The van der Waals surface area contributed by atoms with Crippen molar-refractivity contribution >= 4 is 0 Å². The van der Waals surface area contributed by atoms with Gasteiger partial charge in [-0.3, -0.25) is 5.32 Å². The van der Waals surface area contributed by atoms with Crippen LogP contribution in [0.1, 0.15) is 42.0 Å². The molecule has 2 unspecified atom stereocenters. The summed E-state index contributed by atoms with van der Waals surface area (Å²) in [6.07, 6.45) is -2.56. The third-order valence-corrected chi connectivity index (χ3v) is 3.72. The van der Waals surface area contributed by atoms with Crippen molar-refractivity contribution in [1.82, 2.24) is 5.32 Å². The largest absolute Gasteiger partial charge is 0.403 e. The van der Waals surface area contributed by atoms with Crippen molar-refractivity contribution < 1.29 is 13.2 Å². The standard InChI is InChI=1S/C14H18F3N/c1-9-6-7-11(8-10(9)2)12-4-3-5-13(18-12)14(15,16)17/h6-8,12-13,18H,3-5H2,1-2H3. The van der Waals surface area contributed by atoms with Crippen LogP contribution in [0.15, 0.2) is 18.2 Å². The summed E-state index contributed by atoms with van der Waals surface area (Å²) in [5.41, 5.74) is 3.26. The van der Waals surface area contributed by atoms with Crippen molar-refractivity contribution in [3.8, 4) is 0 Å². The molecular formula is C14H18F3N. The van der Waals surface area contributed by atoms with E-state index >= 15 is 0 Å². The zero-order valence-electron chi connectivity index (χ0n) is 10.6. The minimum atomic E-state index is -4.14. The first-order valence-corrected chi connectivity index (χ1v) is 6.28. The first-order chi connectivity index (χ1) is 8.38. The summed E-state index contributed by atoms with van der Waals surface area (Å²) in [7, 11) is 0. The second-order valence-corrected chi connectivity index (χ2v) is 5.09. The Hall–Kier alpha value is -1.03. The normalized spacial score (nSPS) is 25.2. The highest BCUT2D eigenvalue weighted by molar-refractivity contribution is 5.32. The van der Waals surface area contributed by atoms with Gasteiger partial charge in [0.2, 0.25) is 0 Å². The molecule has 0 bridgehead atoms. The Morgan fingerprint density at radius 3 is 2.44 bits per heavy atom. The molecule has 2 rings (SSSR count). The lowest BCUT2D eigenvalue weighted by atomic mass is 9.91. The number of rotatable bonds is 1. The highest BCUT2D eigenvalue weighted by atomic mass is 19.4. The van der Waals surface area contributed by atoms with Gasteiger partial charge >= 0.3 is 6.18 Å². The van der Waals surface area contributed by atoms with Crippen LogP contribution in [0.5, 0.6) is 0 Å². The molecule has 4 heteroatoms. The molecule has 0 aromatic heterocycles. The van der Waals surface area contributed by atoms with Gasteiger partial charge in [-0.15, -0.1) is 0 Å². The van der Waals surface area contributed by atoms with Crippen molar-refractivity contribution in [1.29, 1.82) is 0 Å². The first-order valence-electron chi connectivity index (χ1n) is 6.28. The summed E-state index contributed by atoms with van der Waals surface area (Å²) in [5, 5.41) is 2.73. The SMILES string of the molecule is Cc1ccc(C2CCCC(C(F)(F)F)N2)cc1C. The Morgan fingerprint density at radius 1 is 1.11 bits per heavy atom. The van der Waals surface area contributed by atoms with Gasteiger partial charge in [-0.05, 0) is 49.8 Å². The van der Waals surface area contributed by atoms with Crippen LogP contribution in [0.25, 0.3) is 0 Å². The highest BCUT2D eigenvalue weighted by Crippen LogP contribution is 2.33. The van der Waals surface area contributed by atoms with Crippen molar-refractivity contribution in [3.05, 3.63) is 34.9 Å². The Labute approximate surface area is 105 Å². The average molecular weight is 257 g/mol. The molecule has 18 heavy (non-hydrogen) atoms. The molecule has 1 aliphatic rings. The second kappa shape index (κ2) is 4.92. The zero-order chi connectivity index (χ0) is 13.3. The summed E-state index contributed by atoms with van der Waals surface area (Å²) in [4.78, 5) is 0. The lowest BCUT2D eigenvalue weighted by Crippen LogP contribution is -2.46. The lowest BCUT2D eigenvalue weighted by Gasteiger charge is -2.32. The molecule has 0 spiro atoms. The summed E-state index contributed by atoms with van der Waals surface area (Å²) in [6, 6.07) is 4.36. The number of nitrogens with one attached hydrogen (secondary N) is 1. The predicted octanol–water partition coefficient (Wildman–Crippen LogP) is 4.05. The molecule has 1 N–H and O–H groups in total. The monoisotopic (exact) mass is 257 g/mol. The second-order valence-electron chi connectivity index (χ2n) is 5.09. The van der Waals surface area contributed by atoms with Crippen LogP contribution < -0.4 is 5.32 Å². The van der Waals surface area contributed by atoms with Gasteiger partial charge in [0.25, 0.3) is 0 Å². The Bertz CT molecular complexity index is 426. The molecule has 1 aliphatic heterocycles. The van der Waals surface area contributed by atoms with Gasteiger partial charge in [0, 0.05) is 6.04 Å².